The van der Waals surface area contributed by atoms with Gasteiger partial charge in [-0.1, -0.05) is 6.92 Å². The van der Waals surface area contributed by atoms with Crippen LogP contribution in [0.3, 0.4) is 0 Å². The summed E-state index contributed by atoms with van der Waals surface area (Å²) in [5.41, 5.74) is 0. The van der Waals surface area contributed by atoms with Crippen molar-refractivity contribution in [3.05, 3.63) is 0 Å². The van der Waals surface area contributed by atoms with E-state index in [2.05, 4.69) is 17.1 Å². The zero-order valence-electron chi connectivity index (χ0n) is 10.3. The summed E-state index contributed by atoms with van der Waals surface area (Å²) in [6, 6.07) is 0. The largest absolute Gasteiger partial charge is 0.380 e. The number of rotatable bonds is 7. The fourth-order valence-electron chi connectivity index (χ4n) is 2.25. The standard InChI is InChI=1S/C12H26N2O/c1-3-8-15-9-7-14-6-4-5-12(11-14)10-13-2/h12-13H,3-11H2,1-2H3. The Labute approximate surface area is 94.2 Å². The molecule has 1 atom stereocenters. The van der Waals surface area contributed by atoms with Gasteiger partial charge in [0.1, 0.15) is 0 Å². The Hall–Kier alpha value is -0.120. The summed E-state index contributed by atoms with van der Waals surface area (Å²) < 4.78 is 5.52. The van der Waals surface area contributed by atoms with E-state index in [-0.39, 0.29) is 0 Å². The molecule has 0 aromatic heterocycles. The number of nitrogens with one attached hydrogen (secondary N) is 1. The molecule has 0 aliphatic carbocycles. The number of hydrogen-bond donors (Lipinski definition) is 1. The molecule has 3 nitrogen and oxygen atoms in total. The Bertz CT molecular complexity index is 151. The Morgan fingerprint density at radius 3 is 3.00 bits per heavy atom. The van der Waals surface area contributed by atoms with Crippen LogP contribution < -0.4 is 5.32 Å². The summed E-state index contributed by atoms with van der Waals surface area (Å²) in [5.74, 6) is 0.843. The van der Waals surface area contributed by atoms with Crippen LogP contribution in [0.2, 0.25) is 0 Å². The van der Waals surface area contributed by atoms with Crippen LogP contribution >= 0.6 is 0 Å². The topological polar surface area (TPSA) is 24.5 Å². The lowest BCUT2D eigenvalue weighted by Gasteiger charge is -2.32. The Kier molecular flexibility index (Phi) is 6.98. The number of piperidine rings is 1. The van der Waals surface area contributed by atoms with E-state index < -0.39 is 0 Å². The lowest BCUT2D eigenvalue weighted by molar-refractivity contribution is 0.0853. The molecule has 0 bridgehead atoms. The van der Waals surface area contributed by atoms with Gasteiger partial charge >= 0.3 is 0 Å². The average molecular weight is 214 g/mol. The smallest absolute Gasteiger partial charge is 0.0593 e. The van der Waals surface area contributed by atoms with Crippen molar-refractivity contribution in [2.24, 2.45) is 5.92 Å². The monoisotopic (exact) mass is 214 g/mol. The molecular formula is C12H26N2O. The molecule has 0 aromatic rings. The highest BCUT2D eigenvalue weighted by Crippen LogP contribution is 2.15. The first-order valence-corrected chi connectivity index (χ1v) is 6.31. The Morgan fingerprint density at radius 1 is 1.40 bits per heavy atom. The van der Waals surface area contributed by atoms with Gasteiger partial charge in [0.15, 0.2) is 0 Å². The van der Waals surface area contributed by atoms with Gasteiger partial charge in [0.2, 0.25) is 0 Å². The Morgan fingerprint density at radius 2 is 2.27 bits per heavy atom. The van der Waals surface area contributed by atoms with Crippen molar-refractivity contribution in [1.82, 2.24) is 10.2 Å². The van der Waals surface area contributed by atoms with Crippen LogP contribution in [0.5, 0.6) is 0 Å². The van der Waals surface area contributed by atoms with E-state index in [1.165, 1.54) is 25.9 Å². The van der Waals surface area contributed by atoms with Crippen molar-refractivity contribution in [3.8, 4) is 0 Å². The number of likely N-dealkylation sites (tertiary alicyclic amines) is 1. The van der Waals surface area contributed by atoms with Crippen molar-refractivity contribution < 1.29 is 4.74 Å². The van der Waals surface area contributed by atoms with E-state index in [0.29, 0.717) is 0 Å². The SMILES string of the molecule is CCCOCCN1CCCC(CNC)C1. The highest BCUT2D eigenvalue weighted by molar-refractivity contribution is 4.73. The van der Waals surface area contributed by atoms with E-state index in [0.717, 1.165) is 38.6 Å². The van der Waals surface area contributed by atoms with E-state index in [1.807, 2.05) is 7.05 Å². The number of ether oxygens (including phenoxy) is 1. The molecule has 1 heterocycles. The van der Waals surface area contributed by atoms with Gasteiger partial charge in [-0.3, -0.25) is 0 Å². The molecule has 1 aliphatic rings. The predicted octanol–water partition coefficient (Wildman–Crippen LogP) is 1.34. The highest BCUT2D eigenvalue weighted by atomic mass is 16.5. The molecule has 0 spiro atoms. The molecular weight excluding hydrogens is 188 g/mol. The van der Waals surface area contributed by atoms with Crippen LogP contribution in [0.15, 0.2) is 0 Å². The molecule has 1 saturated heterocycles. The minimum Gasteiger partial charge on any atom is -0.380 e. The van der Waals surface area contributed by atoms with Gasteiger partial charge in [-0.15, -0.1) is 0 Å². The fourth-order valence-corrected chi connectivity index (χ4v) is 2.25. The van der Waals surface area contributed by atoms with Crippen molar-refractivity contribution >= 4 is 0 Å². The molecule has 1 aliphatic heterocycles. The highest BCUT2D eigenvalue weighted by Gasteiger charge is 2.18. The van der Waals surface area contributed by atoms with E-state index in [9.17, 15) is 0 Å². The first-order chi connectivity index (χ1) is 7.36. The summed E-state index contributed by atoms with van der Waals surface area (Å²) in [6.07, 6.45) is 3.86. The lowest BCUT2D eigenvalue weighted by Crippen LogP contribution is -2.40. The normalized spacial score (nSPS) is 23.2. The van der Waals surface area contributed by atoms with Crippen LogP contribution in [-0.2, 0) is 4.74 Å². The molecule has 1 fully saturated rings. The Balaban J connectivity index is 2.07. The van der Waals surface area contributed by atoms with Gasteiger partial charge in [-0.05, 0) is 45.3 Å². The first kappa shape index (κ1) is 12.9. The summed E-state index contributed by atoms with van der Waals surface area (Å²) >= 11 is 0. The van der Waals surface area contributed by atoms with Gasteiger partial charge in [0, 0.05) is 19.7 Å². The van der Waals surface area contributed by atoms with Gasteiger partial charge in [-0.2, -0.15) is 0 Å². The maximum absolute atomic E-state index is 5.52. The van der Waals surface area contributed by atoms with Crippen LogP contribution in [0.1, 0.15) is 26.2 Å². The van der Waals surface area contributed by atoms with Gasteiger partial charge in [-0.25, -0.2) is 0 Å². The molecule has 1 N–H and O–H groups in total. The third-order valence-electron chi connectivity index (χ3n) is 3.00. The molecule has 90 valence electrons. The fraction of sp³-hybridized carbons (Fsp3) is 1.00. The van der Waals surface area contributed by atoms with Gasteiger partial charge in [0.25, 0.3) is 0 Å². The third-order valence-corrected chi connectivity index (χ3v) is 3.00. The lowest BCUT2D eigenvalue weighted by atomic mass is 9.98. The second kappa shape index (κ2) is 8.08. The van der Waals surface area contributed by atoms with E-state index in [4.69, 9.17) is 4.74 Å². The summed E-state index contributed by atoms with van der Waals surface area (Å²) in [5, 5.41) is 3.28. The molecule has 3 heteroatoms. The average Bonchev–Trinajstić information content (AvgIpc) is 2.26. The summed E-state index contributed by atoms with van der Waals surface area (Å²) in [7, 11) is 2.04. The zero-order chi connectivity index (χ0) is 10.9. The number of nitrogens with zero attached hydrogens (tertiary/aromatic N) is 1. The third kappa shape index (κ3) is 5.50. The van der Waals surface area contributed by atoms with Crippen LogP contribution in [0.25, 0.3) is 0 Å². The van der Waals surface area contributed by atoms with Crippen molar-refractivity contribution in [2.75, 3.05) is 46.4 Å². The minimum absolute atomic E-state index is 0.843. The van der Waals surface area contributed by atoms with Gasteiger partial charge < -0.3 is 15.0 Å². The van der Waals surface area contributed by atoms with Crippen molar-refractivity contribution in [3.63, 3.8) is 0 Å². The second-order valence-corrected chi connectivity index (χ2v) is 4.48. The summed E-state index contributed by atoms with van der Waals surface area (Å²) in [6.45, 7) is 8.75. The molecule has 1 unspecified atom stereocenters. The maximum Gasteiger partial charge on any atom is 0.0593 e. The van der Waals surface area contributed by atoms with Crippen LogP contribution in [0, 0.1) is 5.92 Å². The zero-order valence-corrected chi connectivity index (χ0v) is 10.3. The molecule has 15 heavy (non-hydrogen) atoms. The minimum atomic E-state index is 0.843. The first-order valence-electron chi connectivity index (χ1n) is 6.31. The van der Waals surface area contributed by atoms with E-state index >= 15 is 0 Å². The van der Waals surface area contributed by atoms with Crippen molar-refractivity contribution in [2.45, 2.75) is 26.2 Å². The predicted molar refractivity (Wildman–Crippen MR) is 64.2 cm³/mol. The van der Waals surface area contributed by atoms with Crippen LogP contribution in [-0.4, -0.2) is 51.3 Å². The molecule has 0 saturated carbocycles. The van der Waals surface area contributed by atoms with Crippen molar-refractivity contribution in [1.29, 1.82) is 0 Å². The number of hydrogen-bond acceptors (Lipinski definition) is 3. The summed E-state index contributed by atoms with van der Waals surface area (Å²) in [4.78, 5) is 2.54. The molecule has 0 aromatic carbocycles. The second-order valence-electron chi connectivity index (χ2n) is 4.48. The van der Waals surface area contributed by atoms with E-state index in [1.54, 1.807) is 0 Å². The van der Waals surface area contributed by atoms with Crippen LogP contribution in [0.4, 0.5) is 0 Å². The van der Waals surface area contributed by atoms with Gasteiger partial charge in [0.05, 0.1) is 6.61 Å². The molecule has 1 rings (SSSR count). The molecule has 0 radical (unpaired) electrons. The quantitative estimate of drug-likeness (QED) is 0.647. The maximum atomic E-state index is 5.52. The molecule has 0 amide bonds.